The molecule has 0 saturated carbocycles. The lowest BCUT2D eigenvalue weighted by molar-refractivity contribution is 0.128. The van der Waals surface area contributed by atoms with E-state index in [-0.39, 0.29) is 0 Å². The molecule has 20 heavy (non-hydrogen) atoms. The zero-order chi connectivity index (χ0) is 15.3. The topological polar surface area (TPSA) is 31.3 Å². The monoisotopic (exact) mass is 298 g/mol. The predicted octanol–water partition coefficient (Wildman–Crippen LogP) is 3.06. The lowest BCUT2D eigenvalue weighted by Gasteiger charge is -2.39. The Hall–Kier alpha value is -0.710. The summed E-state index contributed by atoms with van der Waals surface area (Å²) in [6, 6.07) is 8.30. The van der Waals surface area contributed by atoms with Crippen molar-refractivity contribution < 1.29 is 4.84 Å². The normalized spacial score (nSPS) is 12.5. The Morgan fingerprint density at radius 2 is 1.55 bits per heavy atom. The Bertz CT molecular complexity index is 457. The van der Waals surface area contributed by atoms with Gasteiger partial charge in [-0.2, -0.15) is 0 Å². The molecule has 0 saturated heterocycles. The van der Waals surface area contributed by atoms with Crippen LogP contribution in [0.1, 0.15) is 11.1 Å². The smallest absolute Gasteiger partial charge is 0.197 e. The van der Waals surface area contributed by atoms with Crippen LogP contribution in [0.4, 0.5) is 0 Å². The van der Waals surface area contributed by atoms with Crippen LogP contribution in [-0.4, -0.2) is 56.3 Å². The molecular formula is C14H27N4OP. The summed E-state index contributed by atoms with van der Waals surface area (Å²) in [5, 5.41) is 0. The first-order chi connectivity index (χ1) is 9.30. The maximum atomic E-state index is 5.67. The van der Waals surface area contributed by atoms with E-state index >= 15 is 0 Å². The number of benzene rings is 1. The van der Waals surface area contributed by atoms with Gasteiger partial charge in [-0.25, -0.2) is 4.84 Å². The van der Waals surface area contributed by atoms with Crippen molar-refractivity contribution in [3.63, 3.8) is 0 Å². The number of rotatable bonds is 6. The molecule has 0 aliphatic rings. The van der Waals surface area contributed by atoms with Crippen molar-refractivity contribution in [1.29, 1.82) is 0 Å². The Morgan fingerprint density at radius 1 is 1.00 bits per heavy atom. The van der Waals surface area contributed by atoms with Crippen LogP contribution < -0.4 is 0 Å². The van der Waals surface area contributed by atoms with E-state index in [2.05, 4.69) is 44.0 Å². The molecule has 0 unspecified atom stereocenters. The zero-order valence-corrected chi connectivity index (χ0v) is 14.6. The molecule has 0 N–H and O–H groups in total. The van der Waals surface area contributed by atoms with Gasteiger partial charge in [-0.1, -0.05) is 29.8 Å². The summed E-state index contributed by atoms with van der Waals surface area (Å²) in [5.41, 5.74) is 2.38. The molecule has 0 aliphatic heterocycles. The summed E-state index contributed by atoms with van der Waals surface area (Å²) in [5.74, 6) is 0. The van der Waals surface area contributed by atoms with Crippen molar-refractivity contribution in [2.75, 3.05) is 42.3 Å². The molecule has 0 heterocycles. The standard InChI is InChI=1S/C14H27N4OP/c1-13-9-8-10-14(11-13)12-19-15-20(16(2)3,17(4)5)18(6)7/h8-11H,12H2,1-7H3. The molecule has 0 aromatic heterocycles. The zero-order valence-electron chi connectivity index (χ0n) is 13.7. The molecule has 5 nitrogen and oxygen atoms in total. The first-order valence-corrected chi connectivity index (χ1v) is 8.23. The fourth-order valence-corrected chi connectivity index (χ4v) is 5.07. The van der Waals surface area contributed by atoms with Crippen molar-refractivity contribution in [3.8, 4) is 0 Å². The van der Waals surface area contributed by atoms with Crippen molar-refractivity contribution in [2.24, 2.45) is 4.91 Å². The highest BCUT2D eigenvalue weighted by Crippen LogP contribution is 2.54. The Balaban J connectivity index is 2.93. The summed E-state index contributed by atoms with van der Waals surface area (Å²) in [4.78, 5) is 10.2. The lowest BCUT2D eigenvalue weighted by atomic mass is 10.1. The minimum atomic E-state index is -1.96. The van der Waals surface area contributed by atoms with E-state index < -0.39 is 7.51 Å². The molecule has 0 amide bonds. The average molecular weight is 298 g/mol. The Labute approximate surface area is 123 Å². The van der Waals surface area contributed by atoms with Gasteiger partial charge in [0.25, 0.3) is 0 Å². The van der Waals surface area contributed by atoms with E-state index in [0.29, 0.717) is 6.61 Å². The van der Waals surface area contributed by atoms with Crippen molar-refractivity contribution in [3.05, 3.63) is 35.4 Å². The van der Waals surface area contributed by atoms with Crippen LogP contribution >= 0.6 is 7.51 Å². The van der Waals surface area contributed by atoms with Crippen LogP contribution in [0, 0.1) is 6.92 Å². The summed E-state index contributed by atoms with van der Waals surface area (Å²) in [7, 11) is 10.3. The van der Waals surface area contributed by atoms with Crippen LogP contribution in [0.2, 0.25) is 0 Å². The van der Waals surface area contributed by atoms with Gasteiger partial charge < -0.3 is 0 Å². The quantitative estimate of drug-likeness (QED) is 0.597. The summed E-state index contributed by atoms with van der Waals surface area (Å²) >= 11 is 0. The molecule has 0 radical (unpaired) electrons. The van der Waals surface area contributed by atoms with E-state index in [1.807, 2.05) is 48.4 Å². The van der Waals surface area contributed by atoms with Crippen LogP contribution in [0.3, 0.4) is 0 Å². The second-order valence-corrected chi connectivity index (χ2v) is 9.06. The molecule has 1 rings (SSSR count). The second-order valence-electron chi connectivity index (χ2n) is 5.42. The van der Waals surface area contributed by atoms with Gasteiger partial charge in [0.05, 0.1) is 0 Å². The molecule has 1 aromatic rings. The van der Waals surface area contributed by atoms with Gasteiger partial charge in [0.1, 0.15) is 6.61 Å². The van der Waals surface area contributed by atoms with Gasteiger partial charge in [0.2, 0.25) is 0 Å². The van der Waals surface area contributed by atoms with Gasteiger partial charge in [0.15, 0.2) is 7.51 Å². The fourth-order valence-electron chi connectivity index (χ4n) is 2.28. The Morgan fingerprint density at radius 3 is 2.00 bits per heavy atom. The van der Waals surface area contributed by atoms with E-state index in [4.69, 9.17) is 4.84 Å². The third-order valence-electron chi connectivity index (χ3n) is 3.09. The van der Waals surface area contributed by atoms with Crippen molar-refractivity contribution in [2.45, 2.75) is 13.5 Å². The summed E-state index contributed by atoms with van der Waals surface area (Å²) < 4.78 is 6.38. The van der Waals surface area contributed by atoms with E-state index in [1.165, 1.54) is 5.56 Å². The summed E-state index contributed by atoms with van der Waals surface area (Å²) in [6.45, 7) is 2.58. The highest BCUT2D eigenvalue weighted by molar-refractivity contribution is 7.58. The first-order valence-electron chi connectivity index (χ1n) is 6.63. The maximum absolute atomic E-state index is 5.67. The van der Waals surface area contributed by atoms with Gasteiger partial charge in [-0.05, 0) is 54.8 Å². The lowest BCUT2D eigenvalue weighted by Crippen LogP contribution is -2.30. The third kappa shape index (κ3) is 3.90. The number of nitrogens with zero attached hydrogens (tertiary/aromatic N) is 4. The Kier molecular flexibility index (Phi) is 6.37. The molecule has 6 heteroatoms. The molecule has 0 aliphatic carbocycles. The highest BCUT2D eigenvalue weighted by Gasteiger charge is 2.29. The van der Waals surface area contributed by atoms with E-state index in [9.17, 15) is 0 Å². The SMILES string of the molecule is Cc1cccc(CON=P(N(C)C)(N(C)C)N(C)C)c1. The fraction of sp³-hybridized carbons (Fsp3) is 0.571. The van der Waals surface area contributed by atoms with Crippen LogP contribution in [0.5, 0.6) is 0 Å². The summed E-state index contributed by atoms with van der Waals surface area (Å²) in [6.07, 6.45) is 0. The minimum absolute atomic E-state index is 0.499. The van der Waals surface area contributed by atoms with Gasteiger partial charge in [-0.3, -0.25) is 14.0 Å². The predicted molar refractivity (Wildman–Crippen MR) is 86.4 cm³/mol. The first kappa shape index (κ1) is 17.3. The molecule has 0 fully saturated rings. The third-order valence-corrected chi connectivity index (χ3v) is 6.65. The average Bonchev–Trinajstić information content (AvgIpc) is 2.33. The number of aryl methyl sites for hydroxylation is 1. The van der Waals surface area contributed by atoms with Gasteiger partial charge in [-0.15, -0.1) is 4.91 Å². The van der Waals surface area contributed by atoms with Gasteiger partial charge >= 0.3 is 0 Å². The van der Waals surface area contributed by atoms with E-state index in [0.717, 1.165) is 5.56 Å². The van der Waals surface area contributed by atoms with Crippen LogP contribution in [-0.2, 0) is 11.4 Å². The van der Waals surface area contributed by atoms with Crippen LogP contribution in [0.15, 0.2) is 29.2 Å². The second kappa shape index (κ2) is 7.34. The number of hydrogen-bond donors (Lipinski definition) is 0. The molecule has 0 spiro atoms. The molecule has 114 valence electrons. The number of hydrogen-bond acceptors (Lipinski definition) is 2. The molecule has 0 bridgehead atoms. The van der Waals surface area contributed by atoms with Crippen molar-refractivity contribution in [1.82, 2.24) is 14.0 Å². The van der Waals surface area contributed by atoms with E-state index in [1.54, 1.807) is 0 Å². The molecule has 1 aromatic carbocycles. The maximum Gasteiger partial charge on any atom is 0.197 e. The highest BCUT2D eigenvalue weighted by atomic mass is 31.2. The van der Waals surface area contributed by atoms with Crippen LogP contribution in [0.25, 0.3) is 0 Å². The van der Waals surface area contributed by atoms with Gasteiger partial charge in [0, 0.05) is 0 Å². The molecular weight excluding hydrogens is 271 g/mol. The van der Waals surface area contributed by atoms with Crippen molar-refractivity contribution >= 4 is 7.51 Å². The minimum Gasteiger partial charge on any atom is -0.250 e. The largest absolute Gasteiger partial charge is 0.250 e. The molecule has 0 atom stereocenters.